The second-order valence-corrected chi connectivity index (χ2v) is 7.90. The van der Waals surface area contributed by atoms with Crippen LogP contribution in [0.5, 0.6) is 0 Å². The van der Waals surface area contributed by atoms with E-state index in [0.29, 0.717) is 23.5 Å². The lowest BCUT2D eigenvalue weighted by atomic mass is 9.91. The van der Waals surface area contributed by atoms with E-state index in [4.69, 9.17) is 0 Å². The van der Waals surface area contributed by atoms with E-state index in [2.05, 4.69) is 32.7 Å². The number of halogens is 3. The van der Waals surface area contributed by atoms with Crippen molar-refractivity contribution in [2.45, 2.75) is 25.2 Å². The highest BCUT2D eigenvalue weighted by Crippen LogP contribution is 2.35. The van der Waals surface area contributed by atoms with Gasteiger partial charge >= 0.3 is 6.18 Å². The number of nitrogens with one attached hydrogen (secondary N) is 2. The molecule has 2 N–H and O–H groups in total. The van der Waals surface area contributed by atoms with E-state index in [0.717, 1.165) is 29.8 Å². The van der Waals surface area contributed by atoms with Crippen LogP contribution in [0.4, 0.5) is 24.7 Å². The summed E-state index contributed by atoms with van der Waals surface area (Å²) >= 11 is 0. The minimum Gasteiger partial charge on any atom is -0.349 e. The molecule has 0 radical (unpaired) electrons. The van der Waals surface area contributed by atoms with Crippen molar-refractivity contribution in [2.24, 2.45) is 13.0 Å². The zero-order chi connectivity index (χ0) is 21.2. The Labute approximate surface area is 169 Å². The Hall–Kier alpha value is -3.08. The first-order valence-corrected chi connectivity index (χ1v) is 9.63. The molecule has 3 aromatic rings. The molecule has 3 atom stereocenters. The zero-order valence-corrected chi connectivity index (χ0v) is 16.3. The van der Waals surface area contributed by atoms with Gasteiger partial charge in [0.25, 0.3) is 5.91 Å². The van der Waals surface area contributed by atoms with Crippen molar-refractivity contribution >= 4 is 22.9 Å². The number of aromatic nitrogens is 4. The van der Waals surface area contributed by atoms with Crippen molar-refractivity contribution in [2.75, 3.05) is 23.3 Å². The lowest BCUT2D eigenvalue weighted by Crippen LogP contribution is -2.63. The molecule has 0 spiro atoms. The molecule has 0 aliphatic carbocycles. The van der Waals surface area contributed by atoms with Crippen LogP contribution in [0.2, 0.25) is 0 Å². The number of carbonyl (C=O) groups is 1. The number of aryl methyl sites for hydroxylation is 1. The standard InChI is InChI=1S/C19H20F3N7O/c1-10-7-23-12-9-28(16(10)12)15-6-4-11-3-5-14(29(11)25-15)18(30)24-13-8-27(2)26-17(13)19(20,21)22/h3-6,8,10,12,16,23H,7,9H2,1-2H3,(H,24,30)/t10-,12?,16+/m1/s1. The maximum Gasteiger partial charge on any atom is 0.437 e. The average Bonchev–Trinajstić information content (AvgIpc) is 3.30. The molecule has 2 saturated heterocycles. The third-order valence-corrected chi connectivity index (χ3v) is 5.81. The van der Waals surface area contributed by atoms with Gasteiger partial charge in [0.05, 0.1) is 17.2 Å². The maximum absolute atomic E-state index is 13.2. The minimum atomic E-state index is -4.67. The Morgan fingerprint density at radius 1 is 1.23 bits per heavy atom. The topological polar surface area (TPSA) is 79.5 Å². The Balaban J connectivity index is 1.45. The highest BCUT2D eigenvalue weighted by atomic mass is 19.4. The highest BCUT2D eigenvalue weighted by Gasteiger charge is 2.47. The van der Waals surface area contributed by atoms with E-state index in [1.807, 2.05) is 12.1 Å². The van der Waals surface area contributed by atoms with Crippen molar-refractivity contribution in [1.82, 2.24) is 24.7 Å². The fourth-order valence-corrected chi connectivity index (χ4v) is 4.39. The van der Waals surface area contributed by atoms with Gasteiger partial charge in [0.2, 0.25) is 0 Å². The minimum absolute atomic E-state index is 0.151. The average molecular weight is 419 g/mol. The predicted octanol–water partition coefficient (Wildman–Crippen LogP) is 2.14. The number of alkyl halides is 3. The smallest absolute Gasteiger partial charge is 0.349 e. The van der Waals surface area contributed by atoms with Gasteiger partial charge in [-0.25, -0.2) is 4.52 Å². The molecule has 5 rings (SSSR count). The van der Waals surface area contributed by atoms with E-state index >= 15 is 0 Å². The number of hydrogen-bond donors (Lipinski definition) is 2. The molecule has 30 heavy (non-hydrogen) atoms. The first kappa shape index (κ1) is 18.9. The summed E-state index contributed by atoms with van der Waals surface area (Å²) in [6.45, 7) is 3.97. The summed E-state index contributed by atoms with van der Waals surface area (Å²) in [6, 6.07) is 7.80. The quantitative estimate of drug-likeness (QED) is 0.680. The third-order valence-electron chi connectivity index (χ3n) is 5.81. The molecule has 3 aromatic heterocycles. The summed E-state index contributed by atoms with van der Waals surface area (Å²) in [6.07, 6.45) is -3.54. The number of fused-ring (bicyclic) bond motifs is 2. The van der Waals surface area contributed by atoms with Crippen LogP contribution in [-0.2, 0) is 13.2 Å². The van der Waals surface area contributed by atoms with Gasteiger partial charge in [0.1, 0.15) is 11.5 Å². The van der Waals surface area contributed by atoms with Crippen LogP contribution in [0.25, 0.3) is 5.52 Å². The fourth-order valence-electron chi connectivity index (χ4n) is 4.39. The van der Waals surface area contributed by atoms with Crippen molar-refractivity contribution in [3.8, 4) is 0 Å². The largest absolute Gasteiger partial charge is 0.437 e. The molecule has 5 heterocycles. The Morgan fingerprint density at radius 3 is 2.73 bits per heavy atom. The first-order valence-electron chi connectivity index (χ1n) is 9.63. The lowest BCUT2D eigenvalue weighted by Gasteiger charge is -2.46. The summed E-state index contributed by atoms with van der Waals surface area (Å²) < 4.78 is 42.0. The fraction of sp³-hybridized carbons (Fsp3) is 0.421. The van der Waals surface area contributed by atoms with Gasteiger partial charge in [-0.3, -0.25) is 9.48 Å². The van der Waals surface area contributed by atoms with Crippen LogP contribution < -0.4 is 15.5 Å². The van der Waals surface area contributed by atoms with Crippen molar-refractivity contribution < 1.29 is 18.0 Å². The normalized spacial score (nSPS) is 23.5. The van der Waals surface area contributed by atoms with Gasteiger partial charge in [-0.2, -0.15) is 18.3 Å². The molecule has 0 bridgehead atoms. The van der Waals surface area contributed by atoms with Gasteiger partial charge in [-0.05, 0) is 30.2 Å². The zero-order valence-electron chi connectivity index (χ0n) is 16.3. The predicted molar refractivity (Wildman–Crippen MR) is 103 cm³/mol. The second kappa shape index (κ2) is 6.46. The molecule has 0 aromatic carbocycles. The van der Waals surface area contributed by atoms with Crippen molar-refractivity contribution in [3.05, 3.63) is 41.9 Å². The van der Waals surface area contributed by atoms with Gasteiger partial charge in [-0.1, -0.05) is 6.92 Å². The van der Waals surface area contributed by atoms with E-state index in [1.165, 1.54) is 11.6 Å². The second-order valence-electron chi connectivity index (χ2n) is 7.90. The van der Waals surface area contributed by atoms with Gasteiger partial charge in [0, 0.05) is 32.4 Å². The van der Waals surface area contributed by atoms with Crippen LogP contribution >= 0.6 is 0 Å². The van der Waals surface area contributed by atoms with E-state index in [9.17, 15) is 18.0 Å². The maximum atomic E-state index is 13.2. The monoisotopic (exact) mass is 419 g/mol. The number of anilines is 2. The van der Waals surface area contributed by atoms with Crippen LogP contribution in [0.15, 0.2) is 30.5 Å². The highest BCUT2D eigenvalue weighted by molar-refractivity contribution is 6.04. The molecule has 158 valence electrons. The molecule has 1 unspecified atom stereocenters. The van der Waals surface area contributed by atoms with E-state index in [1.54, 1.807) is 12.1 Å². The number of nitrogens with zero attached hydrogens (tertiary/aromatic N) is 5. The first-order chi connectivity index (χ1) is 14.2. The Kier molecular flexibility index (Phi) is 4.07. The van der Waals surface area contributed by atoms with Crippen molar-refractivity contribution in [1.29, 1.82) is 0 Å². The molecule has 2 aliphatic heterocycles. The summed E-state index contributed by atoms with van der Waals surface area (Å²) in [5.74, 6) is 0.539. The van der Waals surface area contributed by atoms with E-state index in [-0.39, 0.29) is 5.69 Å². The summed E-state index contributed by atoms with van der Waals surface area (Å²) in [4.78, 5) is 15.0. The SMILES string of the molecule is C[C@@H]1CNC2CN(c3ccc4ccc(C(=O)Nc5cn(C)nc5C(F)(F)F)n4n3)[C@H]21. The summed E-state index contributed by atoms with van der Waals surface area (Å²) in [5, 5.41) is 13.8. The molecular weight excluding hydrogens is 399 g/mol. The molecular formula is C19H20F3N7O. The molecule has 0 saturated carbocycles. The number of carbonyl (C=O) groups excluding carboxylic acids is 1. The van der Waals surface area contributed by atoms with Crippen LogP contribution in [0.3, 0.4) is 0 Å². The summed E-state index contributed by atoms with van der Waals surface area (Å²) in [7, 11) is 1.37. The number of hydrogen-bond acceptors (Lipinski definition) is 5. The number of rotatable bonds is 3. The molecule has 2 fully saturated rings. The molecule has 2 aliphatic rings. The number of amides is 1. The van der Waals surface area contributed by atoms with Crippen LogP contribution in [0.1, 0.15) is 23.1 Å². The van der Waals surface area contributed by atoms with Crippen molar-refractivity contribution in [3.63, 3.8) is 0 Å². The van der Waals surface area contributed by atoms with Crippen LogP contribution in [0, 0.1) is 5.92 Å². The molecule has 1 amide bonds. The van der Waals surface area contributed by atoms with Gasteiger partial charge in [-0.15, -0.1) is 5.10 Å². The van der Waals surface area contributed by atoms with Gasteiger partial charge in [0.15, 0.2) is 5.69 Å². The third kappa shape index (κ3) is 2.92. The van der Waals surface area contributed by atoms with Gasteiger partial charge < -0.3 is 15.5 Å². The molecule has 8 nitrogen and oxygen atoms in total. The molecule has 11 heteroatoms. The Morgan fingerprint density at radius 2 is 2.00 bits per heavy atom. The summed E-state index contributed by atoms with van der Waals surface area (Å²) in [5.41, 5.74) is -0.695. The Bertz CT molecular complexity index is 1130. The van der Waals surface area contributed by atoms with Crippen LogP contribution in [-0.4, -0.2) is 50.5 Å². The van der Waals surface area contributed by atoms with E-state index < -0.39 is 23.5 Å². The lowest BCUT2D eigenvalue weighted by molar-refractivity contribution is -0.140.